The van der Waals surface area contributed by atoms with E-state index in [2.05, 4.69) is 69.0 Å². The fraction of sp³-hybridized carbons (Fsp3) is 0.296. The molecule has 1 aliphatic heterocycles. The first-order valence-electron chi connectivity index (χ1n) is 11.9. The Hall–Kier alpha value is -3.91. The maximum absolute atomic E-state index is 5.00. The van der Waals surface area contributed by atoms with Gasteiger partial charge >= 0.3 is 0 Å². The summed E-state index contributed by atoms with van der Waals surface area (Å²) in [5.41, 5.74) is 8.43. The van der Waals surface area contributed by atoms with Crippen molar-refractivity contribution in [2.24, 2.45) is 0 Å². The summed E-state index contributed by atoms with van der Waals surface area (Å²) in [6, 6.07) is 10.3. The fourth-order valence-corrected chi connectivity index (χ4v) is 4.49. The zero-order chi connectivity index (χ0) is 24.5. The molecule has 4 heterocycles. The molecule has 1 fully saturated rings. The van der Waals surface area contributed by atoms with Gasteiger partial charge in [0.05, 0.1) is 22.4 Å². The van der Waals surface area contributed by atoms with E-state index in [1.54, 1.807) is 0 Å². The number of nitrogens with one attached hydrogen (secondary N) is 2. The second-order valence-electron chi connectivity index (χ2n) is 9.13. The van der Waals surface area contributed by atoms with Gasteiger partial charge in [0, 0.05) is 46.0 Å². The van der Waals surface area contributed by atoms with Crippen LogP contribution in [0.25, 0.3) is 39.2 Å². The topological polar surface area (TPSA) is 80.0 Å². The number of hydrogen-bond acceptors (Lipinski definition) is 6. The monoisotopic (exact) mass is 468 g/mol. The average molecular weight is 469 g/mol. The number of hydrogen-bond donors (Lipinski definition) is 2. The summed E-state index contributed by atoms with van der Waals surface area (Å²) in [6.07, 6.45) is 5.99. The molecule has 1 saturated heterocycles. The molecule has 0 saturated carbocycles. The molecule has 0 unspecified atom stereocenters. The molecule has 180 valence electrons. The Morgan fingerprint density at radius 2 is 1.83 bits per heavy atom. The normalized spacial score (nSPS) is 15.8. The van der Waals surface area contributed by atoms with Crippen LogP contribution in [0, 0.1) is 0 Å². The van der Waals surface area contributed by atoms with E-state index in [1.807, 2.05) is 44.1 Å². The predicted octanol–water partition coefficient (Wildman–Crippen LogP) is 4.29. The third-order valence-corrected chi connectivity index (χ3v) is 6.60. The van der Waals surface area contributed by atoms with Crippen LogP contribution in [-0.2, 0) is 0 Å². The molecular formula is C27H32N8. The number of piperazine rings is 1. The Balaban J connectivity index is 1.56. The highest BCUT2D eigenvalue weighted by atomic mass is 15.3. The number of aromatic nitrogens is 5. The molecule has 4 aromatic rings. The molecule has 0 atom stereocenters. The number of pyridine rings is 1. The van der Waals surface area contributed by atoms with E-state index >= 15 is 0 Å². The van der Waals surface area contributed by atoms with Crippen LogP contribution in [0.4, 0.5) is 5.69 Å². The van der Waals surface area contributed by atoms with E-state index in [1.165, 1.54) is 0 Å². The molecule has 35 heavy (non-hydrogen) atoms. The van der Waals surface area contributed by atoms with Gasteiger partial charge in [-0.3, -0.25) is 5.10 Å². The molecule has 1 aliphatic rings. The fourth-order valence-electron chi connectivity index (χ4n) is 4.49. The quantitative estimate of drug-likeness (QED) is 0.411. The molecule has 8 nitrogen and oxygen atoms in total. The zero-order valence-corrected chi connectivity index (χ0v) is 20.8. The Bertz CT molecular complexity index is 1430. The molecule has 5 rings (SSSR count). The van der Waals surface area contributed by atoms with Crippen LogP contribution >= 0.6 is 0 Å². The number of nitrogens with zero attached hydrogens (tertiary/aromatic N) is 6. The summed E-state index contributed by atoms with van der Waals surface area (Å²) in [7, 11) is 6.18. The van der Waals surface area contributed by atoms with E-state index in [0.717, 1.165) is 82.4 Å². The smallest absolute Gasteiger partial charge is 0.161 e. The number of aromatic amines is 2. The average Bonchev–Trinajstić information content (AvgIpc) is 3.48. The SMILES string of the molecule is C=C/C(=C\C(=C/C)c1ccc2[nH]nc(-c3nc4c(N5CCN(C)CC5)cccc4[nH]3)c2n1)N(C)C. The van der Waals surface area contributed by atoms with Crippen LogP contribution in [0.5, 0.6) is 0 Å². The number of benzene rings is 1. The number of para-hydroxylation sites is 1. The summed E-state index contributed by atoms with van der Waals surface area (Å²) < 4.78 is 0. The minimum atomic E-state index is 0.718. The summed E-state index contributed by atoms with van der Waals surface area (Å²) in [5, 5.41) is 7.70. The number of anilines is 1. The van der Waals surface area contributed by atoms with E-state index in [4.69, 9.17) is 9.97 Å². The van der Waals surface area contributed by atoms with Crippen LogP contribution in [0.15, 0.2) is 60.8 Å². The highest BCUT2D eigenvalue weighted by Crippen LogP contribution is 2.31. The van der Waals surface area contributed by atoms with Gasteiger partial charge in [-0.25, -0.2) is 9.97 Å². The van der Waals surface area contributed by atoms with E-state index in [0.29, 0.717) is 0 Å². The van der Waals surface area contributed by atoms with Crippen molar-refractivity contribution in [1.29, 1.82) is 0 Å². The lowest BCUT2D eigenvalue weighted by Crippen LogP contribution is -2.44. The van der Waals surface area contributed by atoms with Crippen molar-refractivity contribution < 1.29 is 0 Å². The highest BCUT2D eigenvalue weighted by molar-refractivity contribution is 5.95. The lowest BCUT2D eigenvalue weighted by Gasteiger charge is -2.34. The molecule has 0 amide bonds. The minimum absolute atomic E-state index is 0.718. The van der Waals surface area contributed by atoms with Crippen molar-refractivity contribution in [3.63, 3.8) is 0 Å². The highest BCUT2D eigenvalue weighted by Gasteiger charge is 2.20. The molecule has 0 aliphatic carbocycles. The van der Waals surface area contributed by atoms with Crippen molar-refractivity contribution in [3.05, 3.63) is 66.5 Å². The molecule has 3 aromatic heterocycles. The second-order valence-corrected chi connectivity index (χ2v) is 9.13. The van der Waals surface area contributed by atoms with Gasteiger partial charge in [0.15, 0.2) is 11.5 Å². The molecule has 0 spiro atoms. The van der Waals surface area contributed by atoms with Gasteiger partial charge in [-0.2, -0.15) is 5.10 Å². The summed E-state index contributed by atoms with van der Waals surface area (Å²) >= 11 is 0. The summed E-state index contributed by atoms with van der Waals surface area (Å²) in [4.78, 5) is 20.3. The number of allylic oxidation sites excluding steroid dienone is 4. The third kappa shape index (κ3) is 4.33. The molecule has 0 radical (unpaired) electrons. The maximum Gasteiger partial charge on any atom is 0.161 e. The van der Waals surface area contributed by atoms with Crippen LogP contribution < -0.4 is 4.90 Å². The van der Waals surface area contributed by atoms with Gasteiger partial charge in [0.25, 0.3) is 0 Å². The van der Waals surface area contributed by atoms with Crippen molar-refractivity contribution in [1.82, 2.24) is 34.9 Å². The van der Waals surface area contributed by atoms with Gasteiger partial charge < -0.3 is 19.7 Å². The minimum Gasteiger partial charge on any atom is -0.378 e. The van der Waals surface area contributed by atoms with Gasteiger partial charge in [0.2, 0.25) is 0 Å². The Labute approximate surface area is 205 Å². The van der Waals surface area contributed by atoms with E-state index < -0.39 is 0 Å². The summed E-state index contributed by atoms with van der Waals surface area (Å²) in [5.74, 6) is 0.718. The van der Waals surface area contributed by atoms with Crippen molar-refractivity contribution in [3.8, 4) is 11.5 Å². The molecular weight excluding hydrogens is 436 g/mol. The van der Waals surface area contributed by atoms with Gasteiger partial charge in [0.1, 0.15) is 11.0 Å². The third-order valence-electron chi connectivity index (χ3n) is 6.60. The van der Waals surface area contributed by atoms with Crippen LogP contribution in [0.2, 0.25) is 0 Å². The van der Waals surface area contributed by atoms with Crippen molar-refractivity contribution >= 4 is 33.3 Å². The van der Waals surface area contributed by atoms with Crippen LogP contribution in [0.3, 0.4) is 0 Å². The Morgan fingerprint density at radius 3 is 2.54 bits per heavy atom. The van der Waals surface area contributed by atoms with Crippen molar-refractivity contribution in [2.75, 3.05) is 52.2 Å². The van der Waals surface area contributed by atoms with Crippen molar-refractivity contribution in [2.45, 2.75) is 6.92 Å². The van der Waals surface area contributed by atoms with Crippen LogP contribution in [-0.4, -0.2) is 82.3 Å². The first-order chi connectivity index (χ1) is 17.0. The lowest BCUT2D eigenvalue weighted by molar-refractivity contribution is 0.313. The Morgan fingerprint density at radius 1 is 1.03 bits per heavy atom. The second kappa shape index (κ2) is 9.38. The molecule has 1 aromatic carbocycles. The first-order valence-corrected chi connectivity index (χ1v) is 11.9. The zero-order valence-electron chi connectivity index (χ0n) is 20.8. The largest absolute Gasteiger partial charge is 0.378 e. The first kappa shape index (κ1) is 22.9. The number of rotatable bonds is 6. The van der Waals surface area contributed by atoms with E-state index in [9.17, 15) is 0 Å². The number of H-pyrrole nitrogens is 2. The van der Waals surface area contributed by atoms with Crippen LogP contribution in [0.1, 0.15) is 12.6 Å². The number of likely N-dealkylation sites (N-methyl/N-ethyl adjacent to an activating group) is 2. The predicted molar refractivity (Wildman–Crippen MR) is 144 cm³/mol. The lowest BCUT2D eigenvalue weighted by atomic mass is 10.1. The molecule has 2 N–H and O–H groups in total. The summed E-state index contributed by atoms with van der Waals surface area (Å²) in [6.45, 7) is 10.0. The standard InChI is InChI=1S/C27H32N8/c1-6-18(17-19(7-2)33(3)4)20-11-12-22-25(28-20)26(32-31-22)27-29-21-9-8-10-23(24(21)30-27)35-15-13-34(5)14-16-35/h6-12,17H,2,13-16H2,1,3-5H3,(H,29,30)(H,31,32)/b18-6+,19-17+. The van der Waals surface area contributed by atoms with Gasteiger partial charge in [-0.15, -0.1) is 0 Å². The maximum atomic E-state index is 5.00. The number of imidazole rings is 1. The van der Waals surface area contributed by atoms with Gasteiger partial charge in [-0.1, -0.05) is 18.7 Å². The molecule has 0 bridgehead atoms. The Kier molecular flexibility index (Phi) is 6.13. The molecule has 8 heteroatoms. The number of fused-ring (bicyclic) bond motifs is 2. The van der Waals surface area contributed by atoms with E-state index in [-0.39, 0.29) is 0 Å². The van der Waals surface area contributed by atoms with Gasteiger partial charge in [-0.05, 0) is 56.0 Å².